The third-order valence-corrected chi connectivity index (χ3v) is 4.05. The van der Waals surface area contributed by atoms with Crippen molar-refractivity contribution in [2.45, 2.75) is 45.6 Å². The second kappa shape index (κ2) is 5.97. The summed E-state index contributed by atoms with van der Waals surface area (Å²) >= 11 is 0. The van der Waals surface area contributed by atoms with Gasteiger partial charge in [0.1, 0.15) is 5.76 Å². The third-order valence-electron chi connectivity index (χ3n) is 4.05. The highest BCUT2D eigenvalue weighted by Gasteiger charge is 2.63. The Morgan fingerprint density at radius 1 is 1.35 bits per heavy atom. The lowest BCUT2D eigenvalue weighted by atomic mass is 10.1. The topological polar surface area (TPSA) is 83.9 Å². The van der Waals surface area contributed by atoms with Crippen molar-refractivity contribution in [1.82, 2.24) is 14.8 Å². The molecule has 1 aliphatic heterocycles. The van der Waals surface area contributed by atoms with Crippen LogP contribution >= 0.6 is 0 Å². The van der Waals surface area contributed by atoms with Gasteiger partial charge in [0.15, 0.2) is 5.76 Å². The predicted molar refractivity (Wildman–Crippen MR) is 84.4 cm³/mol. The third kappa shape index (κ3) is 3.00. The monoisotopic (exact) mass is 370 g/mol. The van der Waals surface area contributed by atoms with E-state index in [1.54, 1.807) is 4.68 Å². The summed E-state index contributed by atoms with van der Waals surface area (Å²) in [4.78, 5) is 12.4. The second-order valence-electron chi connectivity index (χ2n) is 6.29. The zero-order valence-electron chi connectivity index (χ0n) is 14.3. The number of aryl methyl sites for hydroxylation is 2. The number of hydrogen-bond donors (Lipinski definition) is 1. The lowest BCUT2D eigenvalue weighted by Crippen LogP contribution is -2.56. The van der Waals surface area contributed by atoms with Gasteiger partial charge in [-0.2, -0.15) is 28.4 Å². The molecule has 0 aliphatic carbocycles. The minimum Gasteiger partial charge on any atom is -0.454 e. The van der Waals surface area contributed by atoms with E-state index in [1.165, 1.54) is 19.1 Å². The maximum atomic E-state index is 13.2. The van der Waals surface area contributed by atoms with E-state index in [2.05, 4.69) is 10.2 Å². The Balaban J connectivity index is 1.84. The van der Waals surface area contributed by atoms with Crippen LogP contribution in [-0.4, -0.2) is 43.4 Å². The van der Waals surface area contributed by atoms with Gasteiger partial charge in [0.05, 0.1) is 12.2 Å². The first-order valence-corrected chi connectivity index (χ1v) is 7.79. The van der Waals surface area contributed by atoms with Crippen molar-refractivity contribution in [3.8, 4) is 0 Å². The summed E-state index contributed by atoms with van der Waals surface area (Å²) in [5.41, 5.74) is -1.70. The second-order valence-corrected chi connectivity index (χ2v) is 6.29. The lowest BCUT2D eigenvalue weighted by Gasteiger charge is -2.32. The number of aromatic nitrogens is 2. The van der Waals surface area contributed by atoms with Crippen LogP contribution in [0.25, 0.3) is 0 Å². The van der Waals surface area contributed by atoms with Crippen molar-refractivity contribution in [2.24, 2.45) is 5.10 Å². The highest BCUT2D eigenvalue weighted by molar-refractivity contribution is 5.96. The number of carbonyl (C=O) groups is 1. The zero-order chi connectivity index (χ0) is 19.3. The number of hydrogen-bond acceptors (Lipinski definition) is 5. The van der Waals surface area contributed by atoms with E-state index >= 15 is 0 Å². The minimum atomic E-state index is -5.05. The van der Waals surface area contributed by atoms with Crippen molar-refractivity contribution >= 4 is 11.6 Å². The van der Waals surface area contributed by atoms with Gasteiger partial charge in [-0.25, -0.2) is 0 Å². The largest absolute Gasteiger partial charge is 0.454 e. The number of halogens is 3. The van der Waals surface area contributed by atoms with Crippen LogP contribution in [0.3, 0.4) is 0 Å². The van der Waals surface area contributed by atoms with Gasteiger partial charge >= 0.3 is 12.1 Å². The van der Waals surface area contributed by atoms with Crippen molar-refractivity contribution in [1.29, 1.82) is 0 Å². The lowest BCUT2D eigenvalue weighted by molar-refractivity contribution is -0.297. The molecule has 3 heterocycles. The number of nitrogens with zero attached hydrogens (tertiary/aromatic N) is 4. The molecule has 0 saturated heterocycles. The van der Waals surface area contributed by atoms with E-state index in [-0.39, 0.29) is 23.0 Å². The molecule has 0 unspecified atom stereocenters. The van der Waals surface area contributed by atoms with E-state index in [9.17, 15) is 23.1 Å². The minimum absolute atomic E-state index is 0.00686. The molecule has 1 atom stereocenters. The molecule has 0 bridgehead atoms. The molecule has 0 aromatic carbocycles. The van der Waals surface area contributed by atoms with Gasteiger partial charge in [-0.3, -0.25) is 9.48 Å². The highest BCUT2D eigenvalue weighted by Crippen LogP contribution is 2.40. The summed E-state index contributed by atoms with van der Waals surface area (Å²) in [6.07, 6.45) is -5.86. The normalized spacial score (nSPS) is 20.6. The molecule has 140 valence electrons. The SMILES string of the molecule is CC1=NN(C(=O)c2ccc(Cn3nc(C)cc3C)o2)[C@@](O)(C(F)(F)F)C1. The Morgan fingerprint density at radius 3 is 2.62 bits per heavy atom. The fourth-order valence-electron chi connectivity index (χ4n) is 2.82. The Labute approximate surface area is 146 Å². The number of alkyl halides is 3. The van der Waals surface area contributed by atoms with Crippen molar-refractivity contribution < 1.29 is 27.5 Å². The molecule has 26 heavy (non-hydrogen) atoms. The molecular weight excluding hydrogens is 353 g/mol. The molecule has 2 aromatic heterocycles. The van der Waals surface area contributed by atoms with E-state index in [0.29, 0.717) is 5.76 Å². The number of furan rings is 1. The van der Waals surface area contributed by atoms with Gasteiger partial charge in [-0.1, -0.05) is 0 Å². The molecule has 0 spiro atoms. The standard InChI is InChI=1S/C16H17F3N4O3/c1-9-6-11(3)22(20-9)8-12-4-5-13(26-12)14(24)23-15(25,16(17,18)19)7-10(2)21-23/h4-6,25H,7-8H2,1-3H3/t15-/m0/s1. The maximum Gasteiger partial charge on any atom is 0.438 e. The summed E-state index contributed by atoms with van der Waals surface area (Å²) in [6.45, 7) is 5.20. The number of amides is 1. The molecule has 0 fully saturated rings. The van der Waals surface area contributed by atoms with Crippen LogP contribution < -0.4 is 0 Å². The summed E-state index contributed by atoms with van der Waals surface area (Å²) in [5, 5.41) is 17.8. The summed E-state index contributed by atoms with van der Waals surface area (Å²) in [7, 11) is 0. The maximum absolute atomic E-state index is 13.2. The highest BCUT2D eigenvalue weighted by atomic mass is 19.4. The smallest absolute Gasteiger partial charge is 0.438 e. The van der Waals surface area contributed by atoms with Crippen LogP contribution in [0.4, 0.5) is 13.2 Å². The Kier molecular flexibility index (Phi) is 4.18. The van der Waals surface area contributed by atoms with Crippen molar-refractivity contribution in [2.75, 3.05) is 0 Å². The van der Waals surface area contributed by atoms with Crippen LogP contribution in [0, 0.1) is 13.8 Å². The van der Waals surface area contributed by atoms with Gasteiger partial charge in [0.2, 0.25) is 0 Å². The van der Waals surface area contributed by atoms with Crippen molar-refractivity contribution in [3.05, 3.63) is 41.1 Å². The van der Waals surface area contributed by atoms with E-state index < -0.39 is 24.2 Å². The fourth-order valence-corrected chi connectivity index (χ4v) is 2.82. The molecule has 1 aliphatic rings. The predicted octanol–water partition coefficient (Wildman–Crippen LogP) is 2.61. The van der Waals surface area contributed by atoms with E-state index in [4.69, 9.17) is 4.42 Å². The van der Waals surface area contributed by atoms with E-state index in [0.717, 1.165) is 11.4 Å². The van der Waals surface area contributed by atoms with Gasteiger partial charge in [-0.05, 0) is 39.0 Å². The van der Waals surface area contributed by atoms with Gasteiger partial charge in [-0.15, -0.1) is 0 Å². The average Bonchev–Trinajstić information content (AvgIpc) is 3.18. The summed E-state index contributed by atoms with van der Waals surface area (Å²) in [5.74, 6) is -1.17. The molecular formula is C16H17F3N4O3. The number of rotatable bonds is 3. The molecule has 0 saturated carbocycles. The Hall–Kier alpha value is -2.62. The first-order valence-electron chi connectivity index (χ1n) is 7.79. The van der Waals surface area contributed by atoms with Crippen LogP contribution in [0.5, 0.6) is 0 Å². The van der Waals surface area contributed by atoms with E-state index in [1.807, 2.05) is 19.9 Å². The molecule has 1 N–H and O–H groups in total. The molecule has 3 rings (SSSR count). The zero-order valence-corrected chi connectivity index (χ0v) is 14.3. The molecule has 7 nitrogen and oxygen atoms in total. The molecule has 1 amide bonds. The first kappa shape index (κ1) is 18.2. The Morgan fingerprint density at radius 2 is 2.04 bits per heavy atom. The molecule has 2 aromatic rings. The van der Waals surface area contributed by atoms with Crippen LogP contribution in [0.2, 0.25) is 0 Å². The van der Waals surface area contributed by atoms with Crippen LogP contribution in [-0.2, 0) is 6.54 Å². The van der Waals surface area contributed by atoms with Crippen LogP contribution in [0.15, 0.2) is 27.7 Å². The number of carbonyl (C=O) groups excluding carboxylic acids is 1. The van der Waals surface area contributed by atoms with Crippen LogP contribution in [0.1, 0.15) is 41.0 Å². The molecule has 0 radical (unpaired) electrons. The van der Waals surface area contributed by atoms with Gasteiger partial charge in [0.25, 0.3) is 5.72 Å². The fraction of sp³-hybridized carbons (Fsp3) is 0.438. The van der Waals surface area contributed by atoms with Gasteiger partial charge in [0, 0.05) is 17.8 Å². The number of aliphatic hydroxyl groups is 1. The van der Waals surface area contributed by atoms with Gasteiger partial charge < -0.3 is 9.52 Å². The number of hydrazone groups is 1. The summed E-state index contributed by atoms with van der Waals surface area (Å²) in [6, 6.07) is 4.59. The average molecular weight is 370 g/mol. The molecule has 10 heteroatoms. The quantitative estimate of drug-likeness (QED) is 0.900. The van der Waals surface area contributed by atoms with Crippen molar-refractivity contribution in [3.63, 3.8) is 0 Å². The Bertz CT molecular complexity index is 884. The first-order chi connectivity index (χ1) is 12.0. The summed E-state index contributed by atoms with van der Waals surface area (Å²) < 4.78 is 46.7.